The summed E-state index contributed by atoms with van der Waals surface area (Å²) in [4.78, 5) is 4.81. The molecule has 2 heterocycles. The van der Waals surface area contributed by atoms with Gasteiger partial charge < -0.3 is 0 Å². The first-order valence-electron chi connectivity index (χ1n) is 10.4. The van der Waals surface area contributed by atoms with Gasteiger partial charge >= 0.3 is 0 Å². The van der Waals surface area contributed by atoms with E-state index >= 15 is 0 Å². The van der Waals surface area contributed by atoms with Gasteiger partial charge in [0.2, 0.25) is 0 Å². The summed E-state index contributed by atoms with van der Waals surface area (Å²) in [5.74, 6) is 0.491. The number of hydrogen-bond acceptors (Lipinski definition) is 2. The van der Waals surface area contributed by atoms with E-state index in [0.717, 1.165) is 5.69 Å². The van der Waals surface area contributed by atoms with Gasteiger partial charge in [-0.25, -0.2) is 0 Å². The van der Waals surface area contributed by atoms with Crippen molar-refractivity contribution in [2.24, 2.45) is 0 Å². The van der Waals surface area contributed by atoms with E-state index in [2.05, 4.69) is 92.7 Å². The topological polar surface area (TPSA) is 12.9 Å². The van der Waals surface area contributed by atoms with Crippen molar-refractivity contribution in [3.8, 4) is 11.3 Å². The van der Waals surface area contributed by atoms with Gasteiger partial charge in [0.25, 0.3) is 0 Å². The van der Waals surface area contributed by atoms with Gasteiger partial charge in [-0.15, -0.1) is 11.3 Å². The predicted octanol–water partition coefficient (Wildman–Crippen LogP) is 8.55. The zero-order chi connectivity index (χ0) is 20.2. The summed E-state index contributed by atoms with van der Waals surface area (Å²) in [6.45, 7) is 4.41. The fourth-order valence-electron chi connectivity index (χ4n) is 4.42. The van der Waals surface area contributed by atoms with Gasteiger partial charge in [0.05, 0.1) is 5.69 Å². The normalized spacial score (nSPS) is 12.0. The van der Waals surface area contributed by atoms with Crippen LogP contribution in [0.2, 0.25) is 0 Å². The third-order valence-corrected chi connectivity index (χ3v) is 7.28. The highest BCUT2D eigenvalue weighted by atomic mass is 32.1. The third-order valence-electron chi connectivity index (χ3n) is 6.07. The van der Waals surface area contributed by atoms with Crippen LogP contribution < -0.4 is 0 Å². The number of benzene rings is 4. The highest BCUT2D eigenvalue weighted by Gasteiger charge is 2.14. The van der Waals surface area contributed by atoms with Crippen molar-refractivity contribution in [1.29, 1.82) is 0 Å². The summed E-state index contributed by atoms with van der Waals surface area (Å²) in [6.07, 6.45) is 2.02. The molecule has 144 valence electrons. The standard InChI is InChI=1S/C28H21NS/c1-17(2)21-11-13-25(29-16-21)22-8-5-9-26-27(22)23-12-10-20-14-18-6-3-4-7-19(18)15-24(20)28(23)30-26/h3-17H,1-2H3. The van der Waals surface area contributed by atoms with Crippen LogP contribution in [0, 0.1) is 0 Å². The van der Waals surface area contributed by atoms with E-state index in [1.165, 1.54) is 52.8 Å². The number of hydrogen-bond donors (Lipinski definition) is 0. The molecule has 2 aromatic heterocycles. The molecule has 6 aromatic rings. The average Bonchev–Trinajstić information content (AvgIpc) is 3.17. The monoisotopic (exact) mass is 403 g/mol. The maximum Gasteiger partial charge on any atom is 0.0708 e. The van der Waals surface area contributed by atoms with Gasteiger partial charge in [0.15, 0.2) is 0 Å². The molecular formula is C28H21NS. The zero-order valence-electron chi connectivity index (χ0n) is 17.0. The summed E-state index contributed by atoms with van der Waals surface area (Å²) in [5.41, 5.74) is 3.54. The second kappa shape index (κ2) is 6.65. The summed E-state index contributed by atoms with van der Waals surface area (Å²) in [7, 11) is 0. The summed E-state index contributed by atoms with van der Waals surface area (Å²) >= 11 is 1.89. The lowest BCUT2D eigenvalue weighted by atomic mass is 9.98. The molecule has 4 aromatic carbocycles. The smallest absolute Gasteiger partial charge is 0.0708 e. The second-order valence-corrected chi connectivity index (χ2v) is 9.33. The molecule has 0 bridgehead atoms. The fraction of sp³-hybridized carbons (Fsp3) is 0.107. The molecule has 30 heavy (non-hydrogen) atoms. The average molecular weight is 404 g/mol. The minimum absolute atomic E-state index is 0.491. The van der Waals surface area contributed by atoms with E-state index in [4.69, 9.17) is 4.98 Å². The van der Waals surface area contributed by atoms with E-state index in [1.54, 1.807) is 0 Å². The number of thiophene rings is 1. The fourth-order valence-corrected chi connectivity index (χ4v) is 5.67. The Morgan fingerprint density at radius 2 is 1.57 bits per heavy atom. The van der Waals surface area contributed by atoms with Gasteiger partial charge in [-0.05, 0) is 51.9 Å². The molecule has 0 aliphatic rings. The van der Waals surface area contributed by atoms with Crippen molar-refractivity contribution in [2.45, 2.75) is 19.8 Å². The number of fused-ring (bicyclic) bond motifs is 6. The molecule has 2 heteroatoms. The van der Waals surface area contributed by atoms with Gasteiger partial charge in [-0.1, -0.05) is 68.4 Å². The van der Waals surface area contributed by atoms with Crippen LogP contribution in [0.15, 0.2) is 85.1 Å². The largest absolute Gasteiger partial charge is 0.256 e. The molecule has 0 saturated carbocycles. The molecule has 0 aliphatic carbocycles. The van der Waals surface area contributed by atoms with Gasteiger partial charge in [0.1, 0.15) is 0 Å². The zero-order valence-corrected chi connectivity index (χ0v) is 17.8. The van der Waals surface area contributed by atoms with Crippen LogP contribution >= 0.6 is 11.3 Å². The first kappa shape index (κ1) is 17.6. The maximum absolute atomic E-state index is 4.81. The van der Waals surface area contributed by atoms with Crippen molar-refractivity contribution >= 4 is 53.1 Å². The van der Waals surface area contributed by atoms with Crippen molar-refractivity contribution in [2.75, 3.05) is 0 Å². The summed E-state index contributed by atoms with van der Waals surface area (Å²) in [5, 5.41) is 7.86. The van der Waals surface area contributed by atoms with Crippen LogP contribution in [0.25, 0.3) is 53.0 Å². The van der Waals surface area contributed by atoms with E-state index in [0.29, 0.717) is 5.92 Å². The Morgan fingerprint density at radius 3 is 2.33 bits per heavy atom. The van der Waals surface area contributed by atoms with Crippen molar-refractivity contribution in [3.05, 3.63) is 90.6 Å². The van der Waals surface area contributed by atoms with E-state index in [-0.39, 0.29) is 0 Å². The molecule has 0 radical (unpaired) electrons. The molecule has 1 nitrogen and oxygen atoms in total. The number of aromatic nitrogens is 1. The maximum atomic E-state index is 4.81. The molecule has 0 saturated heterocycles. The summed E-state index contributed by atoms with van der Waals surface area (Å²) in [6, 6.07) is 28.8. The Labute approximate surface area is 179 Å². The van der Waals surface area contributed by atoms with Crippen molar-refractivity contribution < 1.29 is 0 Å². The SMILES string of the molecule is CC(C)c1ccc(-c2cccc3sc4c5cc6ccccc6cc5ccc4c23)nc1. The first-order chi connectivity index (χ1) is 14.7. The lowest BCUT2D eigenvalue weighted by molar-refractivity contribution is 0.859. The predicted molar refractivity (Wildman–Crippen MR) is 132 cm³/mol. The van der Waals surface area contributed by atoms with Crippen LogP contribution in [-0.4, -0.2) is 4.98 Å². The second-order valence-electron chi connectivity index (χ2n) is 8.27. The Kier molecular flexibility index (Phi) is 3.90. The molecule has 0 atom stereocenters. The molecular weight excluding hydrogens is 382 g/mol. The Morgan fingerprint density at radius 1 is 0.733 bits per heavy atom. The molecule has 0 spiro atoms. The van der Waals surface area contributed by atoms with Crippen molar-refractivity contribution in [3.63, 3.8) is 0 Å². The van der Waals surface area contributed by atoms with Crippen LogP contribution in [-0.2, 0) is 0 Å². The lowest BCUT2D eigenvalue weighted by Gasteiger charge is -2.08. The Hall–Kier alpha value is -3.23. The minimum Gasteiger partial charge on any atom is -0.256 e. The molecule has 0 amide bonds. The Balaban J connectivity index is 1.66. The van der Waals surface area contributed by atoms with Gasteiger partial charge in [-0.2, -0.15) is 0 Å². The van der Waals surface area contributed by atoms with Crippen molar-refractivity contribution in [1.82, 2.24) is 4.98 Å². The number of rotatable bonds is 2. The highest BCUT2D eigenvalue weighted by molar-refractivity contribution is 7.26. The van der Waals surface area contributed by atoms with Gasteiger partial charge in [-0.3, -0.25) is 4.98 Å². The summed E-state index contributed by atoms with van der Waals surface area (Å²) < 4.78 is 2.68. The van der Waals surface area contributed by atoms with E-state index in [9.17, 15) is 0 Å². The highest BCUT2D eigenvalue weighted by Crippen LogP contribution is 2.43. The molecule has 0 N–H and O–H groups in total. The van der Waals surface area contributed by atoms with E-state index < -0.39 is 0 Å². The van der Waals surface area contributed by atoms with E-state index in [1.807, 2.05) is 17.5 Å². The molecule has 0 fully saturated rings. The molecule has 6 rings (SSSR count). The number of pyridine rings is 1. The third kappa shape index (κ3) is 2.64. The van der Waals surface area contributed by atoms with Crippen LogP contribution in [0.3, 0.4) is 0 Å². The first-order valence-corrected chi connectivity index (χ1v) is 11.2. The van der Waals surface area contributed by atoms with Crippen LogP contribution in [0.5, 0.6) is 0 Å². The lowest BCUT2D eigenvalue weighted by Crippen LogP contribution is -1.90. The van der Waals surface area contributed by atoms with Crippen LogP contribution in [0.1, 0.15) is 25.3 Å². The Bertz CT molecular complexity index is 1560. The quantitative estimate of drug-likeness (QED) is 0.264. The van der Waals surface area contributed by atoms with Gasteiger partial charge in [0, 0.05) is 37.3 Å². The minimum atomic E-state index is 0.491. The van der Waals surface area contributed by atoms with Crippen LogP contribution in [0.4, 0.5) is 0 Å². The number of nitrogens with zero attached hydrogens (tertiary/aromatic N) is 1. The molecule has 0 aliphatic heterocycles. The molecule has 0 unspecified atom stereocenters.